The zero-order valence-electron chi connectivity index (χ0n) is 9.72. The second-order valence-corrected chi connectivity index (χ2v) is 5.43. The van der Waals surface area contributed by atoms with Crippen LogP contribution in [0, 0.1) is 12.8 Å². The number of hydrogen-bond acceptors (Lipinski definition) is 3. The van der Waals surface area contributed by atoms with Gasteiger partial charge in [0.2, 0.25) is 0 Å². The topological polar surface area (TPSA) is 24.9 Å². The quantitative estimate of drug-likeness (QED) is 0.824. The summed E-state index contributed by atoms with van der Waals surface area (Å²) in [6.07, 6.45) is 0. The molecule has 1 heterocycles. The summed E-state index contributed by atoms with van der Waals surface area (Å²) in [4.78, 5) is 5.91. The molecule has 0 fully saturated rings. The fraction of sp³-hybridized carbons (Fsp3) is 0.727. The molecule has 0 atom stereocenters. The Morgan fingerprint density at radius 2 is 1.93 bits per heavy atom. The summed E-state index contributed by atoms with van der Waals surface area (Å²) < 4.78 is 0. The van der Waals surface area contributed by atoms with Gasteiger partial charge in [0.25, 0.3) is 0 Å². The summed E-state index contributed by atoms with van der Waals surface area (Å²) in [6.45, 7) is 11.9. The molecule has 2 nitrogen and oxygen atoms in total. The molecule has 0 spiro atoms. The summed E-state index contributed by atoms with van der Waals surface area (Å²) in [5.74, 6) is 1.25. The van der Waals surface area contributed by atoms with E-state index in [1.807, 2.05) is 0 Å². The van der Waals surface area contributed by atoms with Gasteiger partial charge in [0, 0.05) is 11.4 Å². The van der Waals surface area contributed by atoms with Crippen molar-refractivity contribution >= 4 is 16.5 Å². The second-order valence-electron chi connectivity index (χ2n) is 4.40. The van der Waals surface area contributed by atoms with E-state index < -0.39 is 0 Å². The lowest BCUT2D eigenvalue weighted by Gasteiger charge is -2.04. The largest absolute Gasteiger partial charge is 0.361 e. The molecule has 0 radical (unpaired) electrons. The molecule has 0 aliphatic rings. The molecule has 1 aromatic heterocycles. The third kappa shape index (κ3) is 2.98. The molecule has 80 valence electrons. The highest BCUT2D eigenvalue weighted by atomic mass is 32.1. The zero-order valence-corrected chi connectivity index (χ0v) is 10.5. The third-order valence-corrected chi connectivity index (χ3v) is 3.43. The van der Waals surface area contributed by atoms with Gasteiger partial charge in [-0.2, -0.15) is 0 Å². The van der Waals surface area contributed by atoms with Gasteiger partial charge >= 0.3 is 0 Å². The average molecular weight is 212 g/mol. The van der Waals surface area contributed by atoms with E-state index in [9.17, 15) is 0 Å². The van der Waals surface area contributed by atoms with Gasteiger partial charge in [-0.05, 0) is 18.8 Å². The van der Waals surface area contributed by atoms with E-state index in [4.69, 9.17) is 0 Å². The van der Waals surface area contributed by atoms with E-state index in [0.29, 0.717) is 11.8 Å². The predicted molar refractivity (Wildman–Crippen MR) is 64.3 cm³/mol. The van der Waals surface area contributed by atoms with Crippen molar-refractivity contribution in [1.82, 2.24) is 4.98 Å². The monoisotopic (exact) mass is 212 g/mol. The first kappa shape index (κ1) is 11.5. The Kier molecular flexibility index (Phi) is 3.93. The van der Waals surface area contributed by atoms with Gasteiger partial charge in [-0.1, -0.05) is 27.7 Å². The van der Waals surface area contributed by atoms with E-state index in [2.05, 4.69) is 44.9 Å². The first-order valence-electron chi connectivity index (χ1n) is 5.22. The van der Waals surface area contributed by atoms with Gasteiger partial charge in [0.05, 0.1) is 5.69 Å². The maximum absolute atomic E-state index is 4.51. The van der Waals surface area contributed by atoms with Crippen molar-refractivity contribution in [2.24, 2.45) is 5.92 Å². The number of hydrogen-bond donors (Lipinski definition) is 1. The molecule has 0 unspecified atom stereocenters. The molecular weight excluding hydrogens is 192 g/mol. The van der Waals surface area contributed by atoms with Crippen LogP contribution < -0.4 is 5.32 Å². The van der Waals surface area contributed by atoms with Crippen molar-refractivity contribution in [3.63, 3.8) is 0 Å². The normalized spacial score (nSPS) is 11.4. The summed E-state index contributed by atoms with van der Waals surface area (Å²) >= 11 is 1.79. The minimum atomic E-state index is 0.585. The fourth-order valence-electron chi connectivity index (χ4n) is 1.31. The lowest BCUT2D eigenvalue weighted by Crippen LogP contribution is -2.07. The van der Waals surface area contributed by atoms with Crippen molar-refractivity contribution in [3.8, 4) is 0 Å². The number of nitrogens with zero attached hydrogens (tertiary/aromatic N) is 1. The molecule has 1 N–H and O–H groups in total. The molecule has 1 aromatic rings. The van der Waals surface area contributed by atoms with Crippen LogP contribution in [0.3, 0.4) is 0 Å². The van der Waals surface area contributed by atoms with Crippen LogP contribution in [0.1, 0.15) is 44.2 Å². The van der Waals surface area contributed by atoms with Crippen molar-refractivity contribution < 1.29 is 0 Å². The van der Waals surface area contributed by atoms with Crippen LogP contribution in [-0.4, -0.2) is 11.5 Å². The molecule has 0 bridgehead atoms. The van der Waals surface area contributed by atoms with Gasteiger partial charge in [-0.3, -0.25) is 0 Å². The Labute approximate surface area is 90.8 Å². The van der Waals surface area contributed by atoms with Gasteiger partial charge in [-0.15, -0.1) is 11.3 Å². The Balaban J connectivity index is 2.66. The zero-order chi connectivity index (χ0) is 10.7. The lowest BCUT2D eigenvalue weighted by molar-refractivity contribution is 0.688. The molecule has 0 aliphatic heterocycles. The first-order valence-corrected chi connectivity index (χ1v) is 6.03. The number of nitrogens with one attached hydrogen (secondary N) is 1. The van der Waals surface area contributed by atoms with Crippen molar-refractivity contribution in [1.29, 1.82) is 0 Å². The highest BCUT2D eigenvalue weighted by Crippen LogP contribution is 2.29. The van der Waals surface area contributed by atoms with E-state index in [1.165, 1.54) is 10.6 Å². The Morgan fingerprint density at radius 1 is 1.29 bits per heavy atom. The summed E-state index contributed by atoms with van der Waals surface area (Å²) in [7, 11) is 0. The molecule has 0 amide bonds. The van der Waals surface area contributed by atoms with Gasteiger partial charge in [-0.25, -0.2) is 4.98 Å². The molecule has 3 heteroatoms. The van der Waals surface area contributed by atoms with Crippen molar-refractivity contribution in [2.45, 2.75) is 40.5 Å². The van der Waals surface area contributed by atoms with Crippen LogP contribution in [0.25, 0.3) is 0 Å². The van der Waals surface area contributed by atoms with Crippen LogP contribution in [0.2, 0.25) is 0 Å². The highest BCUT2D eigenvalue weighted by molar-refractivity contribution is 7.15. The van der Waals surface area contributed by atoms with Crippen molar-refractivity contribution in [3.05, 3.63) is 10.6 Å². The molecule has 1 rings (SSSR count). The molecule has 14 heavy (non-hydrogen) atoms. The molecule has 0 saturated carbocycles. The number of aromatic nitrogens is 1. The first-order chi connectivity index (χ1) is 6.50. The van der Waals surface area contributed by atoms with Gasteiger partial charge in [0.1, 0.15) is 0 Å². The lowest BCUT2D eigenvalue weighted by atomic mass is 10.1. The predicted octanol–water partition coefficient (Wildman–Crippen LogP) is 3.64. The van der Waals surface area contributed by atoms with Gasteiger partial charge < -0.3 is 5.32 Å². The highest BCUT2D eigenvalue weighted by Gasteiger charge is 2.10. The van der Waals surface area contributed by atoms with Crippen LogP contribution >= 0.6 is 11.3 Å². The summed E-state index contributed by atoms with van der Waals surface area (Å²) in [5.41, 5.74) is 1.18. The number of rotatable bonds is 4. The average Bonchev–Trinajstić information content (AvgIpc) is 2.43. The minimum absolute atomic E-state index is 0.585. The van der Waals surface area contributed by atoms with E-state index in [0.717, 1.165) is 11.7 Å². The van der Waals surface area contributed by atoms with E-state index >= 15 is 0 Å². The van der Waals surface area contributed by atoms with E-state index in [-0.39, 0.29) is 0 Å². The number of thiazole rings is 1. The second kappa shape index (κ2) is 4.78. The molecule has 0 saturated heterocycles. The standard InChI is InChI=1S/C11H20N2S/c1-7(2)6-12-11-13-9(5)10(14-11)8(3)4/h7-8H,6H2,1-5H3,(H,12,13). The molecule has 0 aliphatic carbocycles. The number of anilines is 1. The Hall–Kier alpha value is -0.570. The Bertz CT molecular complexity index is 289. The fourth-order valence-corrected chi connectivity index (χ4v) is 2.29. The summed E-state index contributed by atoms with van der Waals surface area (Å²) in [5, 5.41) is 4.44. The van der Waals surface area contributed by atoms with Gasteiger partial charge in [0.15, 0.2) is 5.13 Å². The summed E-state index contributed by atoms with van der Waals surface area (Å²) in [6, 6.07) is 0. The van der Waals surface area contributed by atoms with Crippen LogP contribution in [-0.2, 0) is 0 Å². The third-order valence-electron chi connectivity index (χ3n) is 2.02. The molecular formula is C11H20N2S. The smallest absolute Gasteiger partial charge is 0.183 e. The maximum Gasteiger partial charge on any atom is 0.183 e. The van der Waals surface area contributed by atoms with Crippen LogP contribution in [0.5, 0.6) is 0 Å². The molecule has 0 aromatic carbocycles. The Morgan fingerprint density at radius 3 is 2.36 bits per heavy atom. The van der Waals surface area contributed by atoms with Crippen molar-refractivity contribution in [2.75, 3.05) is 11.9 Å². The number of aryl methyl sites for hydroxylation is 1. The van der Waals surface area contributed by atoms with E-state index in [1.54, 1.807) is 11.3 Å². The SMILES string of the molecule is Cc1nc(NCC(C)C)sc1C(C)C. The van der Waals surface area contributed by atoms with Crippen LogP contribution in [0.15, 0.2) is 0 Å². The maximum atomic E-state index is 4.51. The van der Waals surface area contributed by atoms with Crippen LogP contribution in [0.4, 0.5) is 5.13 Å². The minimum Gasteiger partial charge on any atom is -0.361 e.